The monoisotopic (exact) mass is 250 g/mol. The van der Waals surface area contributed by atoms with E-state index in [2.05, 4.69) is 20.5 Å². The largest absolute Gasteiger partial charge is 0.396 e. The fraction of sp³-hybridized carbons (Fsp3) is 0.750. The first-order valence-corrected chi connectivity index (χ1v) is 6.62. The average Bonchev–Trinajstić information content (AvgIpc) is 2.93. The maximum atomic E-state index is 12.0. The Balaban J connectivity index is 1.62. The van der Waals surface area contributed by atoms with Crippen LogP contribution in [0.4, 0.5) is 0 Å². The van der Waals surface area contributed by atoms with Crippen molar-refractivity contribution in [3.05, 3.63) is 11.6 Å². The van der Waals surface area contributed by atoms with E-state index < -0.39 is 0 Å². The Morgan fingerprint density at radius 1 is 1.39 bits per heavy atom. The van der Waals surface area contributed by atoms with Gasteiger partial charge in [0, 0.05) is 24.5 Å². The van der Waals surface area contributed by atoms with Crippen LogP contribution in [0.5, 0.6) is 0 Å². The van der Waals surface area contributed by atoms with E-state index in [-0.39, 0.29) is 30.3 Å². The average molecular weight is 250 g/mol. The van der Waals surface area contributed by atoms with Crippen LogP contribution < -0.4 is 5.32 Å². The van der Waals surface area contributed by atoms with Crippen LogP contribution in [-0.4, -0.2) is 38.8 Å². The van der Waals surface area contributed by atoms with Gasteiger partial charge in [-0.1, -0.05) is 6.42 Å². The van der Waals surface area contributed by atoms with Gasteiger partial charge in [0.1, 0.15) is 5.82 Å². The zero-order valence-corrected chi connectivity index (χ0v) is 10.2. The molecule has 98 valence electrons. The molecule has 1 heterocycles. The number of aromatic nitrogens is 3. The lowest BCUT2D eigenvalue weighted by Gasteiger charge is -2.17. The van der Waals surface area contributed by atoms with E-state index in [1.54, 1.807) is 0 Å². The third kappa shape index (κ3) is 2.25. The van der Waals surface area contributed by atoms with Crippen LogP contribution in [0.25, 0.3) is 0 Å². The van der Waals surface area contributed by atoms with Crippen molar-refractivity contribution in [1.29, 1.82) is 0 Å². The van der Waals surface area contributed by atoms with Gasteiger partial charge in [-0.05, 0) is 25.7 Å². The molecule has 0 bridgehead atoms. The van der Waals surface area contributed by atoms with Crippen molar-refractivity contribution in [3.8, 4) is 0 Å². The first kappa shape index (κ1) is 11.6. The molecule has 0 spiro atoms. The molecule has 1 aromatic heterocycles. The lowest BCUT2D eigenvalue weighted by atomic mass is 10.1. The molecule has 2 aliphatic rings. The standard InChI is InChI=1S/C12H18N4O2/c17-6-8-2-1-3-9(8)13-12(18)11-14-10(15-16-11)7-4-5-7/h7-9,17H,1-6H2,(H,13,18)(H,14,15,16). The molecule has 2 atom stereocenters. The molecule has 0 aliphatic heterocycles. The number of rotatable bonds is 4. The van der Waals surface area contributed by atoms with Gasteiger partial charge < -0.3 is 10.4 Å². The molecular formula is C12H18N4O2. The summed E-state index contributed by atoms with van der Waals surface area (Å²) in [5, 5.41) is 18.9. The van der Waals surface area contributed by atoms with E-state index in [9.17, 15) is 9.90 Å². The Morgan fingerprint density at radius 3 is 2.94 bits per heavy atom. The molecule has 1 amide bonds. The van der Waals surface area contributed by atoms with E-state index in [0.29, 0.717) is 5.92 Å². The van der Waals surface area contributed by atoms with Crippen molar-refractivity contribution in [1.82, 2.24) is 20.5 Å². The molecule has 0 aromatic carbocycles. The summed E-state index contributed by atoms with van der Waals surface area (Å²) in [4.78, 5) is 16.2. The minimum atomic E-state index is -0.233. The van der Waals surface area contributed by atoms with Gasteiger partial charge in [0.25, 0.3) is 5.91 Å². The number of hydrogen-bond donors (Lipinski definition) is 3. The Morgan fingerprint density at radius 2 is 2.22 bits per heavy atom. The van der Waals surface area contributed by atoms with Gasteiger partial charge in [-0.2, -0.15) is 0 Å². The Kier molecular flexibility index (Phi) is 3.03. The smallest absolute Gasteiger partial charge is 0.291 e. The summed E-state index contributed by atoms with van der Waals surface area (Å²) in [6.45, 7) is 0.131. The molecular weight excluding hydrogens is 232 g/mol. The number of aliphatic hydroxyl groups is 1. The van der Waals surface area contributed by atoms with Crippen LogP contribution in [0.3, 0.4) is 0 Å². The van der Waals surface area contributed by atoms with Crippen molar-refractivity contribution in [2.24, 2.45) is 5.92 Å². The summed E-state index contributed by atoms with van der Waals surface area (Å²) >= 11 is 0. The highest BCUT2D eigenvalue weighted by Crippen LogP contribution is 2.37. The molecule has 2 fully saturated rings. The zero-order chi connectivity index (χ0) is 12.5. The Bertz CT molecular complexity index is 441. The minimum Gasteiger partial charge on any atom is -0.396 e. The highest BCUT2D eigenvalue weighted by molar-refractivity contribution is 5.90. The van der Waals surface area contributed by atoms with Crippen LogP contribution in [0.15, 0.2) is 0 Å². The normalized spacial score (nSPS) is 27.4. The van der Waals surface area contributed by atoms with Crippen molar-refractivity contribution in [2.45, 2.75) is 44.1 Å². The van der Waals surface area contributed by atoms with Crippen molar-refractivity contribution in [3.63, 3.8) is 0 Å². The van der Waals surface area contributed by atoms with Crippen LogP contribution in [0.2, 0.25) is 0 Å². The first-order valence-electron chi connectivity index (χ1n) is 6.62. The zero-order valence-electron chi connectivity index (χ0n) is 10.2. The molecule has 0 saturated heterocycles. The summed E-state index contributed by atoms with van der Waals surface area (Å²) in [6, 6.07) is 0.0605. The van der Waals surface area contributed by atoms with E-state index in [0.717, 1.165) is 37.9 Å². The number of nitrogens with zero attached hydrogens (tertiary/aromatic N) is 2. The molecule has 2 unspecified atom stereocenters. The van der Waals surface area contributed by atoms with E-state index >= 15 is 0 Å². The third-order valence-electron chi connectivity index (χ3n) is 3.88. The number of carbonyl (C=O) groups is 1. The fourth-order valence-electron chi connectivity index (χ4n) is 2.59. The number of H-pyrrole nitrogens is 1. The highest BCUT2D eigenvalue weighted by atomic mass is 16.3. The first-order chi connectivity index (χ1) is 8.78. The molecule has 0 radical (unpaired) electrons. The Hall–Kier alpha value is -1.43. The van der Waals surface area contributed by atoms with Gasteiger partial charge in [0.15, 0.2) is 0 Å². The lowest BCUT2D eigenvalue weighted by molar-refractivity contribution is 0.0906. The minimum absolute atomic E-state index is 0.0605. The molecule has 3 N–H and O–H groups in total. The van der Waals surface area contributed by atoms with Crippen molar-refractivity contribution < 1.29 is 9.90 Å². The number of amides is 1. The third-order valence-corrected chi connectivity index (χ3v) is 3.88. The molecule has 6 nitrogen and oxygen atoms in total. The van der Waals surface area contributed by atoms with Crippen LogP contribution in [0, 0.1) is 5.92 Å². The quantitative estimate of drug-likeness (QED) is 0.728. The molecule has 3 rings (SSSR count). The summed E-state index contributed by atoms with van der Waals surface area (Å²) in [5.74, 6) is 1.46. The molecule has 2 saturated carbocycles. The van der Waals surface area contributed by atoms with Gasteiger partial charge >= 0.3 is 0 Å². The number of nitrogens with one attached hydrogen (secondary N) is 2. The fourth-order valence-corrected chi connectivity index (χ4v) is 2.59. The summed E-state index contributed by atoms with van der Waals surface area (Å²) < 4.78 is 0. The van der Waals surface area contributed by atoms with Crippen molar-refractivity contribution >= 4 is 5.91 Å². The maximum Gasteiger partial charge on any atom is 0.291 e. The van der Waals surface area contributed by atoms with E-state index in [1.165, 1.54) is 0 Å². The predicted molar refractivity (Wildman–Crippen MR) is 64.0 cm³/mol. The molecule has 2 aliphatic carbocycles. The topological polar surface area (TPSA) is 90.9 Å². The molecule has 1 aromatic rings. The second-order valence-corrected chi connectivity index (χ2v) is 5.27. The number of aromatic amines is 1. The van der Waals surface area contributed by atoms with Gasteiger partial charge in [-0.15, -0.1) is 5.10 Å². The summed E-state index contributed by atoms with van der Waals surface area (Å²) in [6.07, 6.45) is 5.22. The Labute approximate surface area is 105 Å². The van der Waals surface area contributed by atoms with Gasteiger partial charge in [-0.3, -0.25) is 9.89 Å². The summed E-state index contributed by atoms with van der Waals surface area (Å²) in [7, 11) is 0. The van der Waals surface area contributed by atoms with E-state index in [1.807, 2.05) is 0 Å². The van der Waals surface area contributed by atoms with Gasteiger partial charge in [0.05, 0.1) is 0 Å². The molecule has 6 heteroatoms. The SMILES string of the molecule is O=C(NC1CCCC1CO)c1n[nH]c(C2CC2)n1. The van der Waals surface area contributed by atoms with Crippen LogP contribution in [0.1, 0.15) is 54.5 Å². The predicted octanol–water partition coefficient (Wildman–Crippen LogP) is 0.573. The highest BCUT2D eigenvalue weighted by Gasteiger charge is 2.31. The summed E-state index contributed by atoms with van der Waals surface area (Å²) in [5.41, 5.74) is 0. The molecule has 18 heavy (non-hydrogen) atoms. The van der Waals surface area contributed by atoms with Crippen LogP contribution >= 0.6 is 0 Å². The number of carbonyl (C=O) groups excluding carboxylic acids is 1. The number of hydrogen-bond acceptors (Lipinski definition) is 4. The van der Waals surface area contributed by atoms with Gasteiger partial charge in [0.2, 0.25) is 5.82 Å². The van der Waals surface area contributed by atoms with E-state index in [4.69, 9.17) is 0 Å². The van der Waals surface area contributed by atoms with Gasteiger partial charge in [-0.25, -0.2) is 4.98 Å². The number of aliphatic hydroxyl groups excluding tert-OH is 1. The second-order valence-electron chi connectivity index (χ2n) is 5.27. The van der Waals surface area contributed by atoms with Crippen molar-refractivity contribution in [2.75, 3.05) is 6.61 Å². The maximum absolute atomic E-state index is 12.0. The second kappa shape index (κ2) is 4.68. The van der Waals surface area contributed by atoms with Crippen LogP contribution in [-0.2, 0) is 0 Å². The lowest BCUT2D eigenvalue weighted by Crippen LogP contribution is -2.39.